The van der Waals surface area contributed by atoms with Gasteiger partial charge in [0.25, 0.3) is 0 Å². The number of hydrogen-bond acceptors (Lipinski definition) is 2. The van der Waals surface area contributed by atoms with E-state index in [9.17, 15) is 0 Å². The van der Waals surface area contributed by atoms with Crippen LogP contribution in [-0.2, 0) is 0 Å². The zero-order valence-corrected chi connectivity index (χ0v) is 9.62. The highest BCUT2D eigenvalue weighted by atomic mass is 15.2. The van der Waals surface area contributed by atoms with Crippen molar-refractivity contribution in [1.29, 1.82) is 0 Å². The highest BCUT2D eigenvalue weighted by Gasteiger charge is 2.10. The maximum Gasteiger partial charge on any atom is 0.203 e. The van der Waals surface area contributed by atoms with Crippen molar-refractivity contribution in [2.45, 2.75) is 52.6 Å². The van der Waals surface area contributed by atoms with Crippen molar-refractivity contribution in [2.75, 3.05) is 5.32 Å². The third-order valence-corrected chi connectivity index (χ3v) is 2.42. The molecule has 0 saturated carbocycles. The maximum absolute atomic E-state index is 4.32. The lowest BCUT2D eigenvalue weighted by Gasteiger charge is -2.19. The zero-order valence-electron chi connectivity index (χ0n) is 9.62. The topological polar surface area (TPSA) is 29.9 Å². The van der Waals surface area contributed by atoms with Crippen molar-refractivity contribution in [3.05, 3.63) is 12.4 Å². The van der Waals surface area contributed by atoms with Gasteiger partial charge in [-0.3, -0.25) is 0 Å². The molecule has 0 atom stereocenters. The van der Waals surface area contributed by atoms with Crippen LogP contribution in [0.4, 0.5) is 5.95 Å². The molecule has 3 heteroatoms. The molecule has 0 aliphatic carbocycles. The summed E-state index contributed by atoms with van der Waals surface area (Å²) in [5.74, 6) is 0.994. The van der Waals surface area contributed by atoms with Gasteiger partial charge in [-0.15, -0.1) is 0 Å². The van der Waals surface area contributed by atoms with Gasteiger partial charge < -0.3 is 9.88 Å². The summed E-state index contributed by atoms with van der Waals surface area (Å²) in [5.41, 5.74) is 0. The van der Waals surface area contributed by atoms with E-state index in [4.69, 9.17) is 0 Å². The van der Waals surface area contributed by atoms with E-state index in [0.717, 1.165) is 18.8 Å². The first-order valence-electron chi connectivity index (χ1n) is 5.48. The summed E-state index contributed by atoms with van der Waals surface area (Å²) < 4.78 is 2.24. The lowest BCUT2D eigenvalue weighted by atomic mass is 10.2. The standard InChI is InChI=1S/C11H21N3/c1-5-10(6-2)14-8-7-12-11(14)13-9(3)4/h7-10H,5-6H2,1-4H3,(H,12,13). The van der Waals surface area contributed by atoms with Crippen LogP contribution in [0, 0.1) is 0 Å². The molecule has 0 fully saturated rings. The molecule has 3 nitrogen and oxygen atoms in total. The molecule has 1 N–H and O–H groups in total. The Bertz CT molecular complexity index is 261. The van der Waals surface area contributed by atoms with Crippen LogP contribution in [0.2, 0.25) is 0 Å². The molecule has 0 bridgehead atoms. The minimum atomic E-state index is 0.436. The largest absolute Gasteiger partial charge is 0.353 e. The van der Waals surface area contributed by atoms with Crippen LogP contribution in [0.3, 0.4) is 0 Å². The Morgan fingerprint density at radius 1 is 1.36 bits per heavy atom. The number of rotatable bonds is 5. The third-order valence-electron chi connectivity index (χ3n) is 2.42. The van der Waals surface area contributed by atoms with Crippen LogP contribution < -0.4 is 5.32 Å². The first-order chi connectivity index (χ1) is 6.69. The molecule has 0 radical (unpaired) electrons. The Balaban J connectivity index is 2.80. The van der Waals surface area contributed by atoms with Gasteiger partial charge in [0.1, 0.15) is 0 Å². The lowest BCUT2D eigenvalue weighted by molar-refractivity contribution is 0.474. The maximum atomic E-state index is 4.32. The van der Waals surface area contributed by atoms with Gasteiger partial charge in [0.15, 0.2) is 0 Å². The Morgan fingerprint density at radius 2 is 2.00 bits per heavy atom. The van der Waals surface area contributed by atoms with Gasteiger partial charge in [-0.2, -0.15) is 0 Å². The quantitative estimate of drug-likeness (QED) is 0.782. The average molecular weight is 195 g/mol. The molecule has 0 unspecified atom stereocenters. The molecule has 0 aromatic carbocycles. The molecule has 0 spiro atoms. The van der Waals surface area contributed by atoms with Crippen LogP contribution in [0.5, 0.6) is 0 Å². The highest BCUT2D eigenvalue weighted by molar-refractivity contribution is 5.27. The van der Waals surface area contributed by atoms with E-state index in [-0.39, 0.29) is 0 Å². The second kappa shape index (κ2) is 5.03. The highest BCUT2D eigenvalue weighted by Crippen LogP contribution is 2.20. The summed E-state index contributed by atoms with van der Waals surface area (Å²) in [6.07, 6.45) is 6.23. The fraction of sp³-hybridized carbons (Fsp3) is 0.727. The third kappa shape index (κ3) is 2.50. The zero-order chi connectivity index (χ0) is 10.6. The number of imidazole rings is 1. The van der Waals surface area contributed by atoms with Crippen LogP contribution >= 0.6 is 0 Å². The summed E-state index contributed by atoms with van der Waals surface area (Å²) >= 11 is 0. The minimum Gasteiger partial charge on any atom is -0.353 e. The van der Waals surface area contributed by atoms with E-state index in [0.29, 0.717) is 12.1 Å². The lowest BCUT2D eigenvalue weighted by Crippen LogP contribution is -2.17. The first kappa shape index (κ1) is 11.1. The van der Waals surface area contributed by atoms with E-state index >= 15 is 0 Å². The van der Waals surface area contributed by atoms with E-state index in [2.05, 4.69) is 48.8 Å². The van der Waals surface area contributed by atoms with Gasteiger partial charge in [0.2, 0.25) is 5.95 Å². The normalized spacial score (nSPS) is 11.3. The Kier molecular flexibility index (Phi) is 3.98. The van der Waals surface area contributed by atoms with Crippen LogP contribution in [0.1, 0.15) is 46.6 Å². The van der Waals surface area contributed by atoms with E-state index < -0.39 is 0 Å². The molecule has 0 amide bonds. The summed E-state index contributed by atoms with van der Waals surface area (Å²) in [7, 11) is 0. The molecule has 1 rings (SSSR count). The predicted octanol–water partition coefficient (Wildman–Crippen LogP) is 3.06. The van der Waals surface area contributed by atoms with Crippen molar-refractivity contribution < 1.29 is 0 Å². The van der Waals surface area contributed by atoms with Gasteiger partial charge in [0, 0.05) is 24.5 Å². The van der Waals surface area contributed by atoms with E-state index in [1.165, 1.54) is 0 Å². The average Bonchev–Trinajstić information content (AvgIpc) is 2.55. The molecule has 1 heterocycles. The first-order valence-corrected chi connectivity index (χ1v) is 5.48. The molecular formula is C11H21N3. The molecule has 80 valence electrons. The van der Waals surface area contributed by atoms with Gasteiger partial charge in [-0.25, -0.2) is 4.98 Å². The molecule has 1 aromatic heterocycles. The SMILES string of the molecule is CCC(CC)n1ccnc1NC(C)C. The van der Waals surface area contributed by atoms with Crippen molar-refractivity contribution in [2.24, 2.45) is 0 Å². The minimum absolute atomic E-state index is 0.436. The number of nitrogens with zero attached hydrogens (tertiary/aromatic N) is 2. The number of nitrogens with one attached hydrogen (secondary N) is 1. The van der Waals surface area contributed by atoms with Gasteiger partial charge in [-0.1, -0.05) is 13.8 Å². The van der Waals surface area contributed by atoms with E-state index in [1.807, 2.05) is 6.20 Å². The number of anilines is 1. The van der Waals surface area contributed by atoms with Gasteiger partial charge in [0.05, 0.1) is 0 Å². The Morgan fingerprint density at radius 3 is 2.50 bits per heavy atom. The van der Waals surface area contributed by atoms with Crippen molar-refractivity contribution in [3.63, 3.8) is 0 Å². The summed E-state index contributed by atoms with van der Waals surface area (Å²) in [4.78, 5) is 4.32. The van der Waals surface area contributed by atoms with Crippen molar-refractivity contribution in [1.82, 2.24) is 9.55 Å². The Hall–Kier alpha value is -0.990. The molecule has 0 saturated heterocycles. The second-order valence-electron chi connectivity index (χ2n) is 3.93. The second-order valence-corrected chi connectivity index (χ2v) is 3.93. The molecule has 1 aromatic rings. The predicted molar refractivity (Wildman–Crippen MR) is 60.6 cm³/mol. The molecule has 0 aliphatic rings. The fourth-order valence-corrected chi connectivity index (χ4v) is 1.66. The molecule has 14 heavy (non-hydrogen) atoms. The monoisotopic (exact) mass is 195 g/mol. The number of aromatic nitrogens is 2. The van der Waals surface area contributed by atoms with E-state index in [1.54, 1.807) is 0 Å². The fourth-order valence-electron chi connectivity index (χ4n) is 1.66. The van der Waals surface area contributed by atoms with Crippen LogP contribution in [0.15, 0.2) is 12.4 Å². The molecule has 0 aliphatic heterocycles. The summed E-state index contributed by atoms with van der Waals surface area (Å²) in [5, 5.41) is 3.35. The van der Waals surface area contributed by atoms with Gasteiger partial charge in [-0.05, 0) is 26.7 Å². The van der Waals surface area contributed by atoms with Crippen LogP contribution in [0.25, 0.3) is 0 Å². The van der Waals surface area contributed by atoms with Gasteiger partial charge >= 0.3 is 0 Å². The smallest absolute Gasteiger partial charge is 0.203 e. The number of hydrogen-bond donors (Lipinski definition) is 1. The molecular weight excluding hydrogens is 174 g/mol. The van der Waals surface area contributed by atoms with Crippen molar-refractivity contribution >= 4 is 5.95 Å². The summed E-state index contributed by atoms with van der Waals surface area (Å²) in [6, 6.07) is 1.00. The Labute approximate surface area is 86.5 Å². The van der Waals surface area contributed by atoms with Crippen LogP contribution in [-0.4, -0.2) is 15.6 Å². The summed E-state index contributed by atoms with van der Waals surface area (Å²) in [6.45, 7) is 8.69. The van der Waals surface area contributed by atoms with Crippen molar-refractivity contribution in [3.8, 4) is 0 Å².